The zero-order valence-electron chi connectivity index (χ0n) is 17.6. The lowest BCUT2D eigenvalue weighted by atomic mass is 10.2. The summed E-state index contributed by atoms with van der Waals surface area (Å²) in [6.07, 6.45) is -0.645. The summed E-state index contributed by atoms with van der Waals surface area (Å²) in [4.78, 5) is 42.5. The van der Waals surface area contributed by atoms with Gasteiger partial charge in [0.25, 0.3) is 12.0 Å². The Morgan fingerprint density at radius 3 is 2.53 bits per heavy atom. The molecule has 1 fully saturated rings. The van der Waals surface area contributed by atoms with Crippen LogP contribution in [0.4, 0.5) is 8.78 Å². The Kier molecular flexibility index (Phi) is 5.99. The van der Waals surface area contributed by atoms with Crippen molar-refractivity contribution in [3.05, 3.63) is 31.3 Å². The number of aromatic nitrogens is 2. The molecular formula is C20H25F2N3O4S. The van der Waals surface area contributed by atoms with Crippen LogP contribution in [0.25, 0.3) is 10.2 Å². The van der Waals surface area contributed by atoms with Crippen LogP contribution < -0.4 is 11.2 Å². The first-order valence-electron chi connectivity index (χ1n) is 9.69. The average Bonchev–Trinajstić information content (AvgIpc) is 3.21. The first-order chi connectivity index (χ1) is 13.9. The van der Waals surface area contributed by atoms with Gasteiger partial charge in [0.05, 0.1) is 16.8 Å². The van der Waals surface area contributed by atoms with E-state index >= 15 is 0 Å². The fraction of sp³-hybridized carbons (Fsp3) is 0.600. The van der Waals surface area contributed by atoms with Crippen molar-refractivity contribution in [2.24, 2.45) is 10.9 Å². The summed E-state index contributed by atoms with van der Waals surface area (Å²) in [5.74, 6) is -0.348. The topological polar surface area (TPSA) is 82.7 Å². The van der Waals surface area contributed by atoms with Crippen LogP contribution >= 0.6 is 11.3 Å². The highest BCUT2D eigenvalue weighted by Crippen LogP contribution is 2.41. The summed E-state index contributed by atoms with van der Waals surface area (Å²) in [5, 5.41) is 0.248. The smallest absolute Gasteiger partial charge is 0.332 e. The molecule has 0 radical (unpaired) electrons. The highest BCUT2D eigenvalue weighted by Gasteiger charge is 2.38. The van der Waals surface area contributed by atoms with E-state index in [1.807, 2.05) is 6.92 Å². The maximum Gasteiger partial charge on any atom is 0.332 e. The Morgan fingerprint density at radius 2 is 2.00 bits per heavy atom. The van der Waals surface area contributed by atoms with E-state index in [-0.39, 0.29) is 28.7 Å². The molecule has 1 saturated carbocycles. The van der Waals surface area contributed by atoms with Crippen molar-refractivity contribution in [2.75, 3.05) is 6.54 Å². The highest BCUT2D eigenvalue weighted by molar-refractivity contribution is 7.20. The van der Waals surface area contributed by atoms with Gasteiger partial charge in [0.2, 0.25) is 0 Å². The summed E-state index contributed by atoms with van der Waals surface area (Å²) in [5.41, 5.74) is -1.25. The number of thiophene rings is 1. The average molecular weight is 442 g/mol. The zero-order chi connectivity index (χ0) is 22.4. The third kappa shape index (κ3) is 4.53. The van der Waals surface area contributed by atoms with Crippen LogP contribution in [0.3, 0.4) is 0 Å². The van der Waals surface area contributed by atoms with Gasteiger partial charge in [-0.3, -0.25) is 23.7 Å². The maximum absolute atomic E-state index is 13.2. The Labute approximate surface area is 176 Å². The second-order valence-corrected chi connectivity index (χ2v) is 9.60. The molecule has 2 heterocycles. The number of alkyl halides is 2. The number of nitrogens with zero attached hydrogens (tertiary/aromatic N) is 3. The number of hydrogen-bond donors (Lipinski definition) is 0. The van der Waals surface area contributed by atoms with Gasteiger partial charge < -0.3 is 4.74 Å². The molecule has 3 rings (SSSR count). The molecule has 1 aliphatic carbocycles. The molecule has 164 valence electrons. The second kappa shape index (κ2) is 8.05. The Hall–Kier alpha value is -2.36. The van der Waals surface area contributed by atoms with Crippen molar-refractivity contribution in [1.29, 1.82) is 0 Å². The molecule has 7 nitrogen and oxygen atoms in total. The second-order valence-electron chi connectivity index (χ2n) is 8.57. The van der Waals surface area contributed by atoms with Crippen LogP contribution in [0.1, 0.15) is 50.6 Å². The molecule has 30 heavy (non-hydrogen) atoms. The molecule has 0 N–H and O–H groups in total. The van der Waals surface area contributed by atoms with Crippen LogP contribution in [0.15, 0.2) is 14.6 Å². The van der Waals surface area contributed by atoms with Gasteiger partial charge in [-0.05, 0) is 45.6 Å². The summed E-state index contributed by atoms with van der Waals surface area (Å²) in [6.45, 7) is 7.85. The number of esters is 1. The Balaban J connectivity index is 2.04. The number of carbonyl (C=O) groups is 1. The van der Waals surface area contributed by atoms with Gasteiger partial charge in [-0.15, -0.1) is 11.3 Å². The van der Waals surface area contributed by atoms with Gasteiger partial charge in [0.15, 0.2) is 0 Å². The molecule has 2 aromatic rings. The number of fused-ring (bicyclic) bond motifs is 1. The van der Waals surface area contributed by atoms with E-state index in [0.29, 0.717) is 16.9 Å². The quantitative estimate of drug-likeness (QED) is 0.509. The molecule has 2 aromatic heterocycles. The van der Waals surface area contributed by atoms with E-state index in [9.17, 15) is 23.2 Å². The van der Waals surface area contributed by atoms with Gasteiger partial charge in [-0.2, -0.15) is 0 Å². The number of rotatable bonds is 6. The SMILES string of the molecule is Cc1c(C=NCC(=O)OC(C)(C)C)sc2c1c(=O)n([C@H]1C[C@@H]1C)c(=O)n2CC(F)F. The lowest BCUT2D eigenvalue weighted by Gasteiger charge is -2.18. The fourth-order valence-corrected chi connectivity index (χ4v) is 4.53. The summed E-state index contributed by atoms with van der Waals surface area (Å²) >= 11 is 1.04. The van der Waals surface area contributed by atoms with E-state index in [0.717, 1.165) is 20.5 Å². The normalized spacial score (nSPS) is 19.2. The van der Waals surface area contributed by atoms with E-state index in [4.69, 9.17) is 4.74 Å². The minimum Gasteiger partial charge on any atom is -0.459 e. The van der Waals surface area contributed by atoms with Crippen molar-refractivity contribution >= 4 is 33.7 Å². The predicted molar refractivity (Wildman–Crippen MR) is 112 cm³/mol. The number of halogens is 2. The van der Waals surface area contributed by atoms with Crippen molar-refractivity contribution in [2.45, 2.75) is 65.7 Å². The van der Waals surface area contributed by atoms with Crippen molar-refractivity contribution in [3.8, 4) is 0 Å². The number of ether oxygens (including phenoxy) is 1. The first kappa shape index (κ1) is 22.3. The van der Waals surface area contributed by atoms with Crippen LogP contribution in [0, 0.1) is 12.8 Å². The van der Waals surface area contributed by atoms with Gasteiger partial charge in [-0.25, -0.2) is 13.6 Å². The number of carbonyl (C=O) groups excluding carboxylic acids is 1. The predicted octanol–water partition coefficient (Wildman–Crippen LogP) is 3.14. The van der Waals surface area contributed by atoms with E-state index in [1.165, 1.54) is 6.21 Å². The van der Waals surface area contributed by atoms with E-state index in [2.05, 4.69) is 4.99 Å². The standard InChI is InChI=1S/C20H25F2N3O4S/c1-10-6-12(10)25-17(27)16-11(2)13(7-23-8-15(26)29-20(3,4)5)30-18(16)24(19(25)28)9-14(21)22/h7,10,12,14H,6,8-9H2,1-5H3/t10-,12-/m0/s1. The van der Waals surface area contributed by atoms with Crippen LogP contribution in [0.2, 0.25) is 0 Å². The Bertz CT molecular complexity index is 1120. The molecular weight excluding hydrogens is 416 g/mol. The minimum absolute atomic E-state index is 0.154. The van der Waals surface area contributed by atoms with Crippen LogP contribution in [0.5, 0.6) is 0 Å². The number of aryl methyl sites for hydroxylation is 1. The van der Waals surface area contributed by atoms with Gasteiger partial charge in [-0.1, -0.05) is 6.92 Å². The Morgan fingerprint density at radius 1 is 1.37 bits per heavy atom. The molecule has 1 aliphatic rings. The highest BCUT2D eigenvalue weighted by atomic mass is 32.1. The largest absolute Gasteiger partial charge is 0.459 e. The van der Waals surface area contributed by atoms with Crippen molar-refractivity contribution < 1.29 is 18.3 Å². The third-order valence-corrected chi connectivity index (χ3v) is 6.10. The summed E-state index contributed by atoms with van der Waals surface area (Å²) in [6, 6.07) is -0.262. The zero-order valence-corrected chi connectivity index (χ0v) is 18.4. The molecule has 0 unspecified atom stereocenters. The molecule has 2 atom stereocenters. The van der Waals surface area contributed by atoms with Crippen molar-refractivity contribution in [3.63, 3.8) is 0 Å². The molecule has 0 bridgehead atoms. The number of aliphatic imine (C=N–C) groups is 1. The molecule has 0 aromatic carbocycles. The monoisotopic (exact) mass is 441 g/mol. The molecule has 0 saturated heterocycles. The molecule has 0 amide bonds. The fourth-order valence-electron chi connectivity index (χ4n) is 3.34. The van der Waals surface area contributed by atoms with Gasteiger partial charge in [0.1, 0.15) is 17.0 Å². The maximum atomic E-state index is 13.2. The lowest BCUT2D eigenvalue weighted by Crippen LogP contribution is -2.40. The summed E-state index contributed by atoms with van der Waals surface area (Å²) in [7, 11) is 0. The lowest BCUT2D eigenvalue weighted by molar-refractivity contribution is -0.152. The minimum atomic E-state index is -2.74. The van der Waals surface area contributed by atoms with E-state index < -0.39 is 35.8 Å². The van der Waals surface area contributed by atoms with Gasteiger partial charge >= 0.3 is 11.7 Å². The van der Waals surface area contributed by atoms with Crippen LogP contribution in [-0.2, 0) is 16.1 Å². The van der Waals surface area contributed by atoms with Crippen LogP contribution in [-0.4, -0.2) is 39.9 Å². The molecule has 0 spiro atoms. The third-order valence-electron chi connectivity index (χ3n) is 4.85. The first-order valence-corrected chi connectivity index (χ1v) is 10.5. The van der Waals surface area contributed by atoms with Gasteiger partial charge in [0, 0.05) is 12.3 Å². The summed E-state index contributed by atoms with van der Waals surface area (Å²) < 4.78 is 33.6. The number of hydrogen-bond acceptors (Lipinski definition) is 6. The van der Waals surface area contributed by atoms with Crippen molar-refractivity contribution in [1.82, 2.24) is 9.13 Å². The molecule has 10 heteroatoms. The van der Waals surface area contributed by atoms with E-state index in [1.54, 1.807) is 27.7 Å². The molecule has 0 aliphatic heterocycles.